The molecule has 3 heterocycles. The predicted octanol–water partition coefficient (Wildman–Crippen LogP) is 4.81. The van der Waals surface area contributed by atoms with Crippen LogP contribution >= 0.6 is 23.1 Å². The van der Waals surface area contributed by atoms with Gasteiger partial charge < -0.3 is 20.5 Å². The molecule has 0 radical (unpaired) electrons. The number of hydrogen-bond acceptors (Lipinski definition) is 7. The minimum atomic E-state index is -0.0489. The van der Waals surface area contributed by atoms with Crippen molar-refractivity contribution < 1.29 is 9.84 Å². The fourth-order valence-electron chi connectivity index (χ4n) is 4.71. The summed E-state index contributed by atoms with van der Waals surface area (Å²) in [6.45, 7) is 3.42. The summed E-state index contributed by atoms with van der Waals surface area (Å²) in [5.74, 6) is 2.78. The Balaban J connectivity index is 1.31. The van der Waals surface area contributed by atoms with Crippen LogP contribution in [-0.4, -0.2) is 54.1 Å². The van der Waals surface area contributed by atoms with Crippen molar-refractivity contribution in [2.75, 3.05) is 39.1 Å². The molecular formula is C25H33N3O2S2. The largest absolute Gasteiger partial charge is 0.497 e. The standard InChI is InChI=1S/C25H33N3O2S2/c1-30-20-5-7-24-22(15-20)21(8-10-27-24)23(26)6-4-18-9-11-28(16-19(18)17-29)12-14-32-25-3-2-13-31-25/h2-3,5,7-8,10,13,15,18-19,23,29H,4,6,9,11-12,14,16-17,26H2,1H3/t18-,19-,23+/m1/s1. The molecule has 4 rings (SSSR count). The summed E-state index contributed by atoms with van der Waals surface area (Å²) in [7, 11) is 1.68. The number of aliphatic hydroxyl groups is 1. The molecule has 0 unspecified atom stereocenters. The highest BCUT2D eigenvalue weighted by Crippen LogP contribution is 2.33. The molecule has 5 nitrogen and oxygen atoms in total. The van der Waals surface area contributed by atoms with Crippen LogP contribution in [0.25, 0.3) is 10.9 Å². The molecule has 0 saturated carbocycles. The van der Waals surface area contributed by atoms with E-state index in [1.165, 1.54) is 4.21 Å². The van der Waals surface area contributed by atoms with E-state index in [9.17, 15) is 5.11 Å². The molecule has 0 spiro atoms. The molecule has 1 aliphatic rings. The summed E-state index contributed by atoms with van der Waals surface area (Å²) in [6, 6.07) is 12.2. The van der Waals surface area contributed by atoms with E-state index in [0.717, 1.165) is 66.9 Å². The number of pyridine rings is 1. The number of likely N-dealkylation sites (tertiary alicyclic amines) is 1. The van der Waals surface area contributed by atoms with E-state index in [1.807, 2.05) is 42.2 Å². The van der Waals surface area contributed by atoms with Gasteiger partial charge in [0.2, 0.25) is 0 Å². The zero-order valence-corrected chi connectivity index (χ0v) is 20.3. The summed E-state index contributed by atoms with van der Waals surface area (Å²) in [4.78, 5) is 6.99. The number of thioether (sulfide) groups is 1. The Labute approximate surface area is 199 Å². The number of nitrogens with two attached hydrogens (primary N) is 1. The third-order valence-electron chi connectivity index (χ3n) is 6.59. The highest BCUT2D eigenvalue weighted by Gasteiger charge is 2.29. The number of nitrogens with zero attached hydrogens (tertiary/aromatic N) is 2. The number of benzene rings is 1. The fraction of sp³-hybridized carbons (Fsp3) is 0.480. The van der Waals surface area contributed by atoms with Gasteiger partial charge in [-0.1, -0.05) is 6.07 Å². The van der Waals surface area contributed by atoms with Gasteiger partial charge in [0.1, 0.15) is 5.75 Å². The minimum absolute atomic E-state index is 0.0489. The molecule has 1 saturated heterocycles. The number of aromatic nitrogens is 1. The molecule has 7 heteroatoms. The topological polar surface area (TPSA) is 71.6 Å². The zero-order valence-electron chi connectivity index (χ0n) is 18.7. The first-order valence-corrected chi connectivity index (χ1v) is 13.2. The Morgan fingerprint density at radius 2 is 2.22 bits per heavy atom. The molecule has 1 fully saturated rings. The van der Waals surface area contributed by atoms with Gasteiger partial charge in [0.05, 0.1) is 16.8 Å². The maximum absolute atomic E-state index is 10.1. The first-order valence-electron chi connectivity index (χ1n) is 11.4. The quantitative estimate of drug-likeness (QED) is 0.414. The number of ether oxygens (including phenoxy) is 1. The van der Waals surface area contributed by atoms with Gasteiger partial charge in [-0.25, -0.2) is 0 Å². The monoisotopic (exact) mass is 471 g/mol. The SMILES string of the molecule is COc1ccc2nccc([C@@H](N)CC[C@@H]3CCN(CCSc4cccs4)C[C@@H]3CO)c2c1. The summed E-state index contributed by atoms with van der Waals surface area (Å²) < 4.78 is 6.78. The number of aliphatic hydroxyl groups excluding tert-OH is 1. The van der Waals surface area contributed by atoms with Crippen molar-refractivity contribution in [3.05, 3.63) is 53.5 Å². The third-order valence-corrected chi connectivity index (χ3v) is 8.70. The van der Waals surface area contributed by atoms with Gasteiger partial charge in [-0.05, 0) is 78.9 Å². The molecule has 3 atom stereocenters. The second-order valence-electron chi connectivity index (χ2n) is 8.54. The van der Waals surface area contributed by atoms with Crippen molar-refractivity contribution in [2.45, 2.75) is 29.5 Å². The van der Waals surface area contributed by atoms with Crippen molar-refractivity contribution in [3.8, 4) is 5.75 Å². The van der Waals surface area contributed by atoms with Gasteiger partial charge >= 0.3 is 0 Å². The van der Waals surface area contributed by atoms with Crippen molar-refractivity contribution in [1.29, 1.82) is 0 Å². The molecule has 1 aliphatic heterocycles. The van der Waals surface area contributed by atoms with Crippen LogP contribution in [-0.2, 0) is 0 Å². The minimum Gasteiger partial charge on any atom is -0.497 e. The van der Waals surface area contributed by atoms with Gasteiger partial charge in [0, 0.05) is 43.1 Å². The Morgan fingerprint density at radius 3 is 3.00 bits per heavy atom. The van der Waals surface area contributed by atoms with Crippen molar-refractivity contribution in [3.63, 3.8) is 0 Å². The molecular weight excluding hydrogens is 438 g/mol. The summed E-state index contributed by atoms with van der Waals surface area (Å²) in [6.07, 6.45) is 4.92. The molecule has 1 aromatic carbocycles. The molecule has 0 amide bonds. The lowest BCUT2D eigenvalue weighted by Gasteiger charge is -2.38. The number of thiophene rings is 1. The van der Waals surface area contributed by atoms with Crippen LogP contribution in [0.3, 0.4) is 0 Å². The normalized spacial score (nSPS) is 20.5. The lowest BCUT2D eigenvalue weighted by atomic mass is 9.81. The second-order valence-corrected chi connectivity index (χ2v) is 10.9. The summed E-state index contributed by atoms with van der Waals surface area (Å²) >= 11 is 3.74. The predicted molar refractivity (Wildman–Crippen MR) is 135 cm³/mol. The van der Waals surface area contributed by atoms with Crippen molar-refractivity contribution in [2.24, 2.45) is 17.6 Å². The average Bonchev–Trinajstić information content (AvgIpc) is 3.35. The lowest BCUT2D eigenvalue weighted by Crippen LogP contribution is -2.43. The van der Waals surface area contributed by atoms with Crippen molar-refractivity contribution in [1.82, 2.24) is 9.88 Å². The van der Waals surface area contributed by atoms with E-state index in [4.69, 9.17) is 10.5 Å². The molecule has 3 aromatic rings. The van der Waals surface area contributed by atoms with E-state index in [2.05, 4.69) is 27.4 Å². The first-order chi connectivity index (χ1) is 15.7. The van der Waals surface area contributed by atoms with E-state index < -0.39 is 0 Å². The van der Waals surface area contributed by atoms with Gasteiger partial charge in [0.15, 0.2) is 0 Å². The van der Waals surface area contributed by atoms with Gasteiger partial charge in [0.25, 0.3) is 0 Å². The Morgan fingerprint density at radius 1 is 1.31 bits per heavy atom. The second kappa shape index (κ2) is 11.5. The summed E-state index contributed by atoms with van der Waals surface area (Å²) in [5, 5.41) is 13.2. The Kier molecular flexibility index (Phi) is 8.43. The molecule has 0 aliphatic carbocycles. The fourth-order valence-corrected chi connectivity index (χ4v) is 6.58. The van der Waals surface area contributed by atoms with Crippen LogP contribution in [0, 0.1) is 11.8 Å². The van der Waals surface area contributed by atoms with E-state index in [-0.39, 0.29) is 12.6 Å². The highest BCUT2D eigenvalue weighted by molar-refractivity contribution is 8.01. The Bertz CT molecular complexity index is 982. The molecule has 0 bridgehead atoms. The number of piperidine rings is 1. The lowest BCUT2D eigenvalue weighted by molar-refractivity contribution is 0.0701. The van der Waals surface area contributed by atoms with Crippen LogP contribution in [0.4, 0.5) is 0 Å². The molecule has 32 heavy (non-hydrogen) atoms. The summed E-state index contributed by atoms with van der Waals surface area (Å²) in [5.41, 5.74) is 8.72. The highest BCUT2D eigenvalue weighted by atomic mass is 32.2. The van der Waals surface area contributed by atoms with Crippen LogP contribution < -0.4 is 10.5 Å². The van der Waals surface area contributed by atoms with E-state index in [1.54, 1.807) is 18.4 Å². The Hall–Kier alpha value is -1.64. The maximum atomic E-state index is 10.1. The van der Waals surface area contributed by atoms with Crippen LogP contribution in [0.1, 0.15) is 30.9 Å². The van der Waals surface area contributed by atoms with Gasteiger partial charge in [-0.2, -0.15) is 0 Å². The van der Waals surface area contributed by atoms with Crippen molar-refractivity contribution >= 4 is 34.0 Å². The zero-order chi connectivity index (χ0) is 22.3. The first kappa shape index (κ1) is 23.5. The third kappa shape index (κ3) is 5.83. The smallest absolute Gasteiger partial charge is 0.119 e. The van der Waals surface area contributed by atoms with E-state index >= 15 is 0 Å². The molecule has 172 valence electrons. The average molecular weight is 472 g/mol. The molecule has 3 N–H and O–H groups in total. The number of methoxy groups -OCH3 is 1. The maximum Gasteiger partial charge on any atom is 0.119 e. The number of rotatable bonds is 10. The van der Waals surface area contributed by atoms with Gasteiger partial charge in [-0.15, -0.1) is 23.1 Å². The van der Waals surface area contributed by atoms with Crippen LogP contribution in [0.15, 0.2) is 52.2 Å². The number of hydrogen-bond donors (Lipinski definition) is 2. The van der Waals surface area contributed by atoms with Crippen LogP contribution in [0.2, 0.25) is 0 Å². The van der Waals surface area contributed by atoms with E-state index in [0.29, 0.717) is 11.8 Å². The molecule has 2 aromatic heterocycles. The van der Waals surface area contributed by atoms with Crippen LogP contribution in [0.5, 0.6) is 5.75 Å². The van der Waals surface area contributed by atoms with Gasteiger partial charge in [-0.3, -0.25) is 4.98 Å². The number of fused-ring (bicyclic) bond motifs is 1.